The standard InChI is InChI=1S/C14H23NS/c1-9-4-10(2)6-12(5-9)14(15)13-8-16-7-11(13)3/h7-10,12,14H,4-6,15H2,1-3H3. The largest absolute Gasteiger partial charge is 0.324 e. The van der Waals surface area contributed by atoms with Crippen molar-refractivity contribution in [2.24, 2.45) is 23.5 Å². The molecule has 1 aromatic rings. The van der Waals surface area contributed by atoms with Crippen LogP contribution < -0.4 is 5.73 Å². The molecule has 1 heterocycles. The third-order valence-corrected chi connectivity index (χ3v) is 4.86. The van der Waals surface area contributed by atoms with Gasteiger partial charge >= 0.3 is 0 Å². The molecular weight excluding hydrogens is 214 g/mol. The van der Waals surface area contributed by atoms with E-state index in [0.29, 0.717) is 5.92 Å². The summed E-state index contributed by atoms with van der Waals surface area (Å²) in [6.07, 6.45) is 3.99. The highest BCUT2D eigenvalue weighted by Gasteiger charge is 2.29. The van der Waals surface area contributed by atoms with Crippen molar-refractivity contribution in [3.8, 4) is 0 Å². The number of hydrogen-bond donors (Lipinski definition) is 1. The molecule has 0 aliphatic heterocycles. The van der Waals surface area contributed by atoms with E-state index in [1.54, 1.807) is 11.3 Å². The smallest absolute Gasteiger partial charge is 0.0334 e. The third kappa shape index (κ3) is 2.49. The molecule has 1 nitrogen and oxygen atoms in total. The Morgan fingerprint density at radius 1 is 1.19 bits per heavy atom. The summed E-state index contributed by atoms with van der Waals surface area (Å²) in [6, 6.07) is 0.261. The topological polar surface area (TPSA) is 26.0 Å². The van der Waals surface area contributed by atoms with Gasteiger partial charge in [0.2, 0.25) is 0 Å². The molecule has 2 N–H and O–H groups in total. The average molecular weight is 237 g/mol. The maximum atomic E-state index is 6.45. The fourth-order valence-electron chi connectivity index (χ4n) is 3.27. The number of hydrogen-bond acceptors (Lipinski definition) is 2. The summed E-state index contributed by atoms with van der Waals surface area (Å²) in [5.41, 5.74) is 9.21. The van der Waals surface area contributed by atoms with E-state index >= 15 is 0 Å². The zero-order valence-electron chi connectivity index (χ0n) is 10.6. The first-order valence-corrected chi connectivity index (χ1v) is 7.30. The predicted octanol–water partition coefficient (Wildman–Crippen LogP) is 4.13. The van der Waals surface area contributed by atoms with Gasteiger partial charge in [0.1, 0.15) is 0 Å². The van der Waals surface area contributed by atoms with Crippen molar-refractivity contribution in [1.82, 2.24) is 0 Å². The van der Waals surface area contributed by atoms with Gasteiger partial charge in [0, 0.05) is 6.04 Å². The molecule has 3 unspecified atom stereocenters. The van der Waals surface area contributed by atoms with Crippen molar-refractivity contribution in [2.45, 2.75) is 46.1 Å². The fraction of sp³-hybridized carbons (Fsp3) is 0.714. The van der Waals surface area contributed by atoms with Crippen LogP contribution in [0.5, 0.6) is 0 Å². The highest BCUT2D eigenvalue weighted by atomic mass is 32.1. The molecule has 0 bridgehead atoms. The quantitative estimate of drug-likeness (QED) is 0.822. The lowest BCUT2D eigenvalue weighted by Gasteiger charge is -2.35. The number of thiophene rings is 1. The van der Waals surface area contributed by atoms with Gasteiger partial charge in [0.15, 0.2) is 0 Å². The first kappa shape index (κ1) is 12.1. The summed E-state index contributed by atoms with van der Waals surface area (Å²) >= 11 is 1.78. The molecule has 0 radical (unpaired) electrons. The van der Waals surface area contributed by atoms with Gasteiger partial charge in [-0.15, -0.1) is 0 Å². The van der Waals surface area contributed by atoms with Crippen LogP contribution in [-0.2, 0) is 0 Å². The van der Waals surface area contributed by atoms with Gasteiger partial charge < -0.3 is 5.73 Å². The number of rotatable bonds is 2. The average Bonchev–Trinajstić information content (AvgIpc) is 2.62. The van der Waals surface area contributed by atoms with E-state index < -0.39 is 0 Å². The molecule has 1 fully saturated rings. The summed E-state index contributed by atoms with van der Waals surface area (Å²) in [7, 11) is 0. The lowest BCUT2D eigenvalue weighted by Crippen LogP contribution is -2.29. The van der Waals surface area contributed by atoms with Crippen LogP contribution in [0.2, 0.25) is 0 Å². The van der Waals surface area contributed by atoms with E-state index in [1.807, 2.05) is 0 Å². The van der Waals surface area contributed by atoms with Gasteiger partial charge in [-0.1, -0.05) is 13.8 Å². The lowest BCUT2D eigenvalue weighted by molar-refractivity contribution is 0.193. The molecule has 90 valence electrons. The fourth-order valence-corrected chi connectivity index (χ4v) is 4.17. The van der Waals surface area contributed by atoms with Crippen LogP contribution in [0.4, 0.5) is 0 Å². The van der Waals surface area contributed by atoms with Gasteiger partial charge in [-0.2, -0.15) is 11.3 Å². The Kier molecular flexibility index (Phi) is 3.70. The minimum absolute atomic E-state index is 0.261. The van der Waals surface area contributed by atoms with E-state index in [9.17, 15) is 0 Å². The molecule has 16 heavy (non-hydrogen) atoms. The zero-order chi connectivity index (χ0) is 11.7. The van der Waals surface area contributed by atoms with Crippen LogP contribution in [0.3, 0.4) is 0 Å². The van der Waals surface area contributed by atoms with E-state index in [2.05, 4.69) is 31.5 Å². The van der Waals surface area contributed by atoms with Crippen LogP contribution in [0.25, 0.3) is 0 Å². The second kappa shape index (κ2) is 4.89. The molecule has 3 atom stereocenters. The molecule has 0 spiro atoms. The molecule has 1 aromatic heterocycles. The second-order valence-electron chi connectivity index (χ2n) is 5.71. The van der Waals surface area contributed by atoms with Gasteiger partial charge in [-0.25, -0.2) is 0 Å². The Labute approximate surface area is 103 Å². The Balaban J connectivity index is 2.10. The summed E-state index contributed by atoms with van der Waals surface area (Å²) in [5.74, 6) is 2.38. The zero-order valence-corrected chi connectivity index (χ0v) is 11.4. The van der Waals surface area contributed by atoms with E-state index in [-0.39, 0.29) is 6.04 Å². The van der Waals surface area contributed by atoms with Crippen molar-refractivity contribution in [3.63, 3.8) is 0 Å². The molecule has 1 aliphatic rings. The first-order valence-electron chi connectivity index (χ1n) is 6.36. The minimum Gasteiger partial charge on any atom is -0.324 e. The van der Waals surface area contributed by atoms with Crippen LogP contribution in [0.15, 0.2) is 10.8 Å². The van der Waals surface area contributed by atoms with E-state index in [1.165, 1.54) is 30.4 Å². The van der Waals surface area contributed by atoms with Gasteiger partial charge in [0.05, 0.1) is 0 Å². The number of nitrogens with two attached hydrogens (primary N) is 1. The molecular formula is C14H23NS. The molecule has 1 aliphatic carbocycles. The highest BCUT2D eigenvalue weighted by molar-refractivity contribution is 7.08. The van der Waals surface area contributed by atoms with Crippen LogP contribution in [0, 0.1) is 24.7 Å². The SMILES string of the molecule is Cc1cscc1C(N)C1CC(C)CC(C)C1. The molecule has 1 saturated carbocycles. The van der Waals surface area contributed by atoms with Crippen LogP contribution in [-0.4, -0.2) is 0 Å². The molecule has 0 amide bonds. The van der Waals surface area contributed by atoms with Crippen LogP contribution in [0.1, 0.15) is 50.3 Å². The van der Waals surface area contributed by atoms with Crippen molar-refractivity contribution in [1.29, 1.82) is 0 Å². The Morgan fingerprint density at radius 2 is 1.81 bits per heavy atom. The van der Waals surface area contributed by atoms with Crippen LogP contribution >= 0.6 is 11.3 Å². The lowest BCUT2D eigenvalue weighted by atomic mass is 9.72. The van der Waals surface area contributed by atoms with Crippen molar-refractivity contribution in [3.05, 3.63) is 21.9 Å². The third-order valence-electron chi connectivity index (χ3n) is 3.98. The van der Waals surface area contributed by atoms with E-state index in [0.717, 1.165) is 11.8 Å². The first-order chi connectivity index (χ1) is 7.58. The van der Waals surface area contributed by atoms with Crippen molar-refractivity contribution < 1.29 is 0 Å². The van der Waals surface area contributed by atoms with Crippen molar-refractivity contribution >= 4 is 11.3 Å². The molecule has 0 aromatic carbocycles. The minimum atomic E-state index is 0.261. The molecule has 2 rings (SSSR count). The monoisotopic (exact) mass is 237 g/mol. The number of aryl methyl sites for hydroxylation is 1. The predicted molar refractivity (Wildman–Crippen MR) is 71.7 cm³/mol. The van der Waals surface area contributed by atoms with Gasteiger partial charge in [-0.3, -0.25) is 0 Å². The Bertz CT molecular complexity index is 334. The van der Waals surface area contributed by atoms with Gasteiger partial charge in [-0.05, 0) is 65.8 Å². The second-order valence-corrected chi connectivity index (χ2v) is 6.46. The van der Waals surface area contributed by atoms with Crippen molar-refractivity contribution in [2.75, 3.05) is 0 Å². The summed E-state index contributed by atoms with van der Waals surface area (Å²) < 4.78 is 0. The summed E-state index contributed by atoms with van der Waals surface area (Å²) in [5, 5.41) is 4.45. The Morgan fingerprint density at radius 3 is 2.31 bits per heavy atom. The summed E-state index contributed by atoms with van der Waals surface area (Å²) in [4.78, 5) is 0. The molecule has 0 saturated heterocycles. The summed E-state index contributed by atoms with van der Waals surface area (Å²) in [6.45, 7) is 6.92. The normalized spacial score (nSPS) is 32.6. The molecule has 2 heteroatoms. The van der Waals surface area contributed by atoms with Gasteiger partial charge in [0.25, 0.3) is 0 Å². The maximum absolute atomic E-state index is 6.45. The maximum Gasteiger partial charge on any atom is 0.0334 e. The Hall–Kier alpha value is -0.340. The highest BCUT2D eigenvalue weighted by Crippen LogP contribution is 2.39. The van der Waals surface area contributed by atoms with E-state index in [4.69, 9.17) is 5.73 Å².